The molecule has 2 saturated carbocycles. The molecule has 3 nitrogen and oxygen atoms in total. The second-order valence-corrected chi connectivity index (χ2v) is 6.08. The van der Waals surface area contributed by atoms with Gasteiger partial charge in [0.05, 0.1) is 6.61 Å². The van der Waals surface area contributed by atoms with Gasteiger partial charge >= 0.3 is 0 Å². The van der Waals surface area contributed by atoms with E-state index in [4.69, 9.17) is 17.0 Å². The van der Waals surface area contributed by atoms with Crippen LogP contribution in [0.5, 0.6) is 0 Å². The van der Waals surface area contributed by atoms with E-state index in [2.05, 4.69) is 17.1 Å². The SMILES string of the molecule is COCCN(C(=S)NC1CCCC1)C(C)C1CC1. The molecular formula is C14H26N2OS. The topological polar surface area (TPSA) is 24.5 Å². The minimum absolute atomic E-state index is 0.557. The lowest BCUT2D eigenvalue weighted by Crippen LogP contribution is -2.49. The van der Waals surface area contributed by atoms with Crippen molar-refractivity contribution in [2.45, 2.75) is 57.5 Å². The average Bonchev–Trinajstić information content (AvgIpc) is 3.09. The number of nitrogens with one attached hydrogen (secondary N) is 1. The van der Waals surface area contributed by atoms with Crippen molar-refractivity contribution < 1.29 is 4.74 Å². The van der Waals surface area contributed by atoms with Gasteiger partial charge in [0.25, 0.3) is 0 Å². The normalized spacial score (nSPS) is 21.9. The van der Waals surface area contributed by atoms with Gasteiger partial charge in [-0.3, -0.25) is 0 Å². The van der Waals surface area contributed by atoms with E-state index in [1.165, 1.54) is 38.5 Å². The van der Waals surface area contributed by atoms with Crippen LogP contribution in [0.1, 0.15) is 45.4 Å². The van der Waals surface area contributed by atoms with Crippen molar-refractivity contribution in [2.24, 2.45) is 5.92 Å². The molecule has 2 rings (SSSR count). The maximum absolute atomic E-state index is 5.61. The first-order chi connectivity index (χ1) is 8.72. The number of thiocarbonyl (C=S) groups is 1. The smallest absolute Gasteiger partial charge is 0.169 e. The third kappa shape index (κ3) is 3.82. The molecule has 2 aliphatic rings. The second kappa shape index (κ2) is 6.71. The molecule has 104 valence electrons. The molecule has 0 aliphatic heterocycles. The van der Waals surface area contributed by atoms with Crippen LogP contribution >= 0.6 is 12.2 Å². The summed E-state index contributed by atoms with van der Waals surface area (Å²) in [7, 11) is 1.76. The molecule has 1 atom stereocenters. The Labute approximate surface area is 116 Å². The standard InChI is InChI=1S/C14H26N2OS/c1-11(12-7-8-12)16(9-10-17-2)14(18)15-13-5-3-4-6-13/h11-13H,3-10H2,1-2H3,(H,15,18). The summed E-state index contributed by atoms with van der Waals surface area (Å²) < 4.78 is 5.21. The van der Waals surface area contributed by atoms with Crippen molar-refractivity contribution in [1.82, 2.24) is 10.2 Å². The van der Waals surface area contributed by atoms with Crippen molar-refractivity contribution in [3.63, 3.8) is 0 Å². The molecule has 1 N–H and O–H groups in total. The van der Waals surface area contributed by atoms with Crippen LogP contribution in [-0.4, -0.2) is 42.4 Å². The zero-order chi connectivity index (χ0) is 13.0. The van der Waals surface area contributed by atoms with E-state index in [0.717, 1.165) is 24.2 Å². The average molecular weight is 270 g/mol. The molecule has 2 aliphatic carbocycles. The quantitative estimate of drug-likeness (QED) is 0.750. The Morgan fingerprint density at radius 1 is 1.33 bits per heavy atom. The lowest BCUT2D eigenvalue weighted by molar-refractivity contribution is 0.158. The number of hydrogen-bond donors (Lipinski definition) is 1. The van der Waals surface area contributed by atoms with Crippen molar-refractivity contribution in [1.29, 1.82) is 0 Å². The summed E-state index contributed by atoms with van der Waals surface area (Å²) in [6.07, 6.45) is 7.95. The third-order valence-corrected chi connectivity index (χ3v) is 4.63. The molecule has 0 saturated heterocycles. The maximum atomic E-state index is 5.61. The molecule has 0 aromatic heterocycles. The highest BCUT2D eigenvalue weighted by Crippen LogP contribution is 2.35. The van der Waals surface area contributed by atoms with Gasteiger partial charge in [-0.25, -0.2) is 0 Å². The molecule has 0 aromatic carbocycles. The van der Waals surface area contributed by atoms with E-state index in [1.807, 2.05) is 0 Å². The van der Waals surface area contributed by atoms with Gasteiger partial charge in [0.1, 0.15) is 0 Å². The zero-order valence-corrected chi connectivity index (χ0v) is 12.5. The lowest BCUT2D eigenvalue weighted by Gasteiger charge is -2.33. The van der Waals surface area contributed by atoms with Crippen LogP contribution in [0.3, 0.4) is 0 Å². The van der Waals surface area contributed by atoms with E-state index >= 15 is 0 Å². The highest BCUT2D eigenvalue weighted by atomic mass is 32.1. The summed E-state index contributed by atoms with van der Waals surface area (Å²) in [5.74, 6) is 0.838. The monoisotopic (exact) mass is 270 g/mol. The Balaban J connectivity index is 1.86. The number of nitrogens with zero attached hydrogens (tertiary/aromatic N) is 1. The van der Waals surface area contributed by atoms with Gasteiger partial charge in [-0.05, 0) is 50.7 Å². The van der Waals surface area contributed by atoms with Gasteiger partial charge < -0.3 is 15.0 Å². The molecule has 2 fully saturated rings. The van der Waals surface area contributed by atoms with Gasteiger partial charge in [0, 0.05) is 25.7 Å². The summed E-state index contributed by atoms with van der Waals surface area (Å²) in [4.78, 5) is 2.34. The van der Waals surface area contributed by atoms with Crippen LogP contribution < -0.4 is 5.32 Å². The van der Waals surface area contributed by atoms with Crippen LogP contribution in [-0.2, 0) is 4.74 Å². The predicted octanol–water partition coefficient (Wildman–Crippen LogP) is 2.55. The van der Waals surface area contributed by atoms with Crippen molar-refractivity contribution in [2.75, 3.05) is 20.3 Å². The molecule has 18 heavy (non-hydrogen) atoms. The molecule has 0 aromatic rings. The molecule has 0 spiro atoms. The molecule has 0 amide bonds. The highest BCUT2D eigenvalue weighted by molar-refractivity contribution is 7.80. The molecule has 4 heteroatoms. The fourth-order valence-corrected chi connectivity index (χ4v) is 3.26. The first-order valence-electron chi connectivity index (χ1n) is 7.28. The van der Waals surface area contributed by atoms with Crippen molar-refractivity contribution >= 4 is 17.3 Å². The Kier molecular flexibility index (Phi) is 5.25. The Hall–Kier alpha value is -0.350. The Morgan fingerprint density at radius 2 is 2.00 bits per heavy atom. The van der Waals surface area contributed by atoms with Crippen molar-refractivity contribution in [3.8, 4) is 0 Å². The number of methoxy groups -OCH3 is 1. The summed E-state index contributed by atoms with van der Waals surface area (Å²) in [6.45, 7) is 3.96. The molecule has 0 heterocycles. The summed E-state index contributed by atoms with van der Waals surface area (Å²) in [5, 5.41) is 4.50. The van der Waals surface area contributed by atoms with E-state index in [1.54, 1.807) is 7.11 Å². The van der Waals surface area contributed by atoms with Gasteiger partial charge in [-0.2, -0.15) is 0 Å². The predicted molar refractivity (Wildman–Crippen MR) is 78.8 cm³/mol. The molecule has 0 bridgehead atoms. The van der Waals surface area contributed by atoms with Crippen LogP contribution in [0.4, 0.5) is 0 Å². The molecule has 1 unspecified atom stereocenters. The van der Waals surface area contributed by atoms with E-state index < -0.39 is 0 Å². The minimum atomic E-state index is 0.557. The highest BCUT2D eigenvalue weighted by Gasteiger charge is 2.33. The third-order valence-electron chi connectivity index (χ3n) is 4.28. The molecular weight excluding hydrogens is 244 g/mol. The van der Waals surface area contributed by atoms with Gasteiger partial charge in [-0.1, -0.05) is 12.8 Å². The summed E-state index contributed by atoms with van der Waals surface area (Å²) >= 11 is 5.61. The minimum Gasteiger partial charge on any atom is -0.383 e. The van der Waals surface area contributed by atoms with Gasteiger partial charge in [0.15, 0.2) is 5.11 Å². The van der Waals surface area contributed by atoms with Crippen LogP contribution in [0.2, 0.25) is 0 Å². The van der Waals surface area contributed by atoms with Crippen LogP contribution in [0, 0.1) is 5.92 Å². The molecule has 0 radical (unpaired) electrons. The van der Waals surface area contributed by atoms with Gasteiger partial charge in [-0.15, -0.1) is 0 Å². The van der Waals surface area contributed by atoms with Crippen LogP contribution in [0.15, 0.2) is 0 Å². The second-order valence-electron chi connectivity index (χ2n) is 5.70. The maximum Gasteiger partial charge on any atom is 0.169 e. The van der Waals surface area contributed by atoms with Gasteiger partial charge in [0.2, 0.25) is 0 Å². The van der Waals surface area contributed by atoms with E-state index in [-0.39, 0.29) is 0 Å². The number of hydrogen-bond acceptors (Lipinski definition) is 2. The van der Waals surface area contributed by atoms with E-state index in [0.29, 0.717) is 12.1 Å². The summed E-state index contributed by atoms with van der Waals surface area (Å²) in [6, 6.07) is 1.16. The zero-order valence-electron chi connectivity index (χ0n) is 11.7. The lowest BCUT2D eigenvalue weighted by atomic mass is 10.2. The van der Waals surface area contributed by atoms with E-state index in [9.17, 15) is 0 Å². The number of ether oxygens (including phenoxy) is 1. The largest absolute Gasteiger partial charge is 0.383 e. The first kappa shape index (κ1) is 14.1. The Morgan fingerprint density at radius 3 is 2.56 bits per heavy atom. The fraction of sp³-hybridized carbons (Fsp3) is 0.929. The Bertz CT molecular complexity index is 275. The van der Waals surface area contributed by atoms with Crippen molar-refractivity contribution in [3.05, 3.63) is 0 Å². The first-order valence-corrected chi connectivity index (χ1v) is 7.69. The number of rotatable bonds is 6. The fourth-order valence-electron chi connectivity index (χ4n) is 2.84. The summed E-state index contributed by atoms with van der Waals surface area (Å²) in [5.41, 5.74) is 0. The van der Waals surface area contributed by atoms with Crippen LogP contribution in [0.25, 0.3) is 0 Å².